The van der Waals surface area contributed by atoms with Gasteiger partial charge in [-0.25, -0.2) is 4.79 Å². The number of carboxylic acid groups (broad SMARTS) is 1. The SMILES string of the molecule is CC(=O)C(Cl)c1cc([N+](=O)[O-])ccc1C=CC(=O)O. The van der Waals surface area contributed by atoms with Crippen LogP contribution in [0.2, 0.25) is 0 Å². The van der Waals surface area contributed by atoms with E-state index in [4.69, 9.17) is 16.7 Å². The first-order valence-electron chi connectivity index (χ1n) is 5.16. The molecule has 100 valence electrons. The summed E-state index contributed by atoms with van der Waals surface area (Å²) in [4.78, 5) is 31.8. The molecule has 0 radical (unpaired) electrons. The van der Waals surface area contributed by atoms with Crippen molar-refractivity contribution >= 4 is 35.1 Å². The van der Waals surface area contributed by atoms with Crippen molar-refractivity contribution in [3.63, 3.8) is 0 Å². The maximum absolute atomic E-state index is 11.3. The number of ketones is 1. The van der Waals surface area contributed by atoms with Crippen LogP contribution in [-0.2, 0) is 9.59 Å². The monoisotopic (exact) mass is 283 g/mol. The topological polar surface area (TPSA) is 97.5 Å². The molecule has 1 aromatic carbocycles. The Morgan fingerprint density at radius 3 is 2.58 bits per heavy atom. The van der Waals surface area contributed by atoms with Crippen molar-refractivity contribution in [1.29, 1.82) is 0 Å². The number of carbonyl (C=O) groups is 2. The number of halogens is 1. The van der Waals surface area contributed by atoms with Crippen LogP contribution in [0.15, 0.2) is 24.3 Å². The molecule has 0 saturated carbocycles. The summed E-state index contributed by atoms with van der Waals surface area (Å²) < 4.78 is 0. The highest BCUT2D eigenvalue weighted by Gasteiger charge is 2.19. The van der Waals surface area contributed by atoms with Gasteiger partial charge in [-0.2, -0.15) is 0 Å². The lowest BCUT2D eigenvalue weighted by Crippen LogP contribution is -2.04. The quantitative estimate of drug-likeness (QED) is 0.387. The molecule has 19 heavy (non-hydrogen) atoms. The highest BCUT2D eigenvalue weighted by atomic mass is 35.5. The van der Waals surface area contributed by atoms with E-state index in [0.717, 1.165) is 6.08 Å². The number of nitro groups is 1. The fourth-order valence-electron chi connectivity index (χ4n) is 1.43. The highest BCUT2D eigenvalue weighted by Crippen LogP contribution is 2.29. The third-order valence-electron chi connectivity index (χ3n) is 2.32. The van der Waals surface area contributed by atoms with E-state index >= 15 is 0 Å². The largest absolute Gasteiger partial charge is 0.478 e. The van der Waals surface area contributed by atoms with Crippen LogP contribution in [0.5, 0.6) is 0 Å². The number of aliphatic carboxylic acids is 1. The van der Waals surface area contributed by atoms with Gasteiger partial charge in [0, 0.05) is 18.2 Å². The Hall–Kier alpha value is -2.21. The molecule has 0 aliphatic rings. The molecule has 0 amide bonds. The number of rotatable bonds is 5. The Morgan fingerprint density at radius 1 is 1.47 bits per heavy atom. The van der Waals surface area contributed by atoms with Crippen molar-refractivity contribution in [2.45, 2.75) is 12.3 Å². The molecule has 1 unspecified atom stereocenters. The van der Waals surface area contributed by atoms with Crippen LogP contribution in [0.3, 0.4) is 0 Å². The number of hydrogen-bond acceptors (Lipinski definition) is 4. The summed E-state index contributed by atoms with van der Waals surface area (Å²) in [6.45, 7) is 1.25. The average Bonchev–Trinajstić information content (AvgIpc) is 2.34. The van der Waals surface area contributed by atoms with Crippen LogP contribution in [0.1, 0.15) is 23.4 Å². The van der Waals surface area contributed by atoms with Gasteiger partial charge in [0.25, 0.3) is 5.69 Å². The van der Waals surface area contributed by atoms with Crippen molar-refractivity contribution < 1.29 is 19.6 Å². The van der Waals surface area contributed by atoms with Gasteiger partial charge in [0.1, 0.15) is 5.38 Å². The van der Waals surface area contributed by atoms with Crippen LogP contribution >= 0.6 is 11.6 Å². The van der Waals surface area contributed by atoms with Gasteiger partial charge in [-0.15, -0.1) is 11.6 Å². The Morgan fingerprint density at radius 2 is 2.11 bits per heavy atom. The minimum Gasteiger partial charge on any atom is -0.478 e. The number of nitro benzene ring substituents is 1. The summed E-state index contributed by atoms with van der Waals surface area (Å²) in [6, 6.07) is 3.74. The first-order valence-corrected chi connectivity index (χ1v) is 5.60. The Kier molecular flexibility index (Phi) is 4.77. The molecule has 1 N–H and O–H groups in total. The fourth-order valence-corrected chi connectivity index (χ4v) is 1.62. The number of carbonyl (C=O) groups excluding carboxylic acids is 1. The zero-order valence-electron chi connectivity index (χ0n) is 9.87. The van der Waals surface area contributed by atoms with E-state index in [9.17, 15) is 19.7 Å². The van der Waals surface area contributed by atoms with Gasteiger partial charge in [0.15, 0.2) is 5.78 Å². The van der Waals surface area contributed by atoms with Gasteiger partial charge in [-0.1, -0.05) is 0 Å². The fraction of sp³-hybridized carbons (Fsp3) is 0.167. The van der Waals surface area contributed by atoms with E-state index in [2.05, 4.69) is 0 Å². The number of benzene rings is 1. The number of Topliss-reactive ketones (excluding diaryl/α,β-unsaturated/α-hetero) is 1. The summed E-state index contributed by atoms with van der Waals surface area (Å²) in [5.74, 6) is -1.55. The second-order valence-electron chi connectivity index (χ2n) is 3.72. The summed E-state index contributed by atoms with van der Waals surface area (Å²) in [7, 11) is 0. The molecule has 1 atom stereocenters. The number of hydrogen-bond donors (Lipinski definition) is 1. The number of nitrogens with zero attached hydrogens (tertiary/aromatic N) is 1. The van der Waals surface area contributed by atoms with Crippen molar-refractivity contribution in [3.8, 4) is 0 Å². The molecule has 1 aromatic rings. The minimum atomic E-state index is -1.17. The van der Waals surface area contributed by atoms with Gasteiger partial charge in [0.05, 0.1) is 4.92 Å². The van der Waals surface area contributed by atoms with Gasteiger partial charge in [-0.05, 0) is 30.2 Å². The average molecular weight is 284 g/mol. The predicted molar refractivity (Wildman–Crippen MR) is 69.0 cm³/mol. The van der Waals surface area contributed by atoms with Gasteiger partial charge >= 0.3 is 5.97 Å². The van der Waals surface area contributed by atoms with Crippen LogP contribution in [0.4, 0.5) is 5.69 Å². The predicted octanol–water partition coefficient (Wildman–Crippen LogP) is 2.56. The Balaban J connectivity index is 3.34. The molecular formula is C12H10ClNO5. The lowest BCUT2D eigenvalue weighted by Gasteiger charge is -2.09. The molecule has 0 heterocycles. The smallest absolute Gasteiger partial charge is 0.328 e. The molecule has 0 aliphatic carbocycles. The van der Waals surface area contributed by atoms with Gasteiger partial charge in [-0.3, -0.25) is 14.9 Å². The lowest BCUT2D eigenvalue weighted by molar-refractivity contribution is -0.384. The molecular weight excluding hydrogens is 274 g/mol. The normalized spacial score (nSPS) is 12.3. The maximum atomic E-state index is 11.3. The molecule has 7 heteroatoms. The zero-order chi connectivity index (χ0) is 14.6. The molecule has 0 saturated heterocycles. The van der Waals surface area contributed by atoms with Crippen LogP contribution < -0.4 is 0 Å². The molecule has 6 nitrogen and oxygen atoms in total. The second-order valence-corrected chi connectivity index (χ2v) is 4.15. The zero-order valence-corrected chi connectivity index (χ0v) is 10.6. The summed E-state index contributed by atoms with van der Waals surface area (Å²) in [5.41, 5.74) is 0.346. The summed E-state index contributed by atoms with van der Waals surface area (Å²) in [5, 5.41) is 18.2. The van der Waals surface area contributed by atoms with Crippen molar-refractivity contribution in [2.75, 3.05) is 0 Å². The first kappa shape index (κ1) is 14.8. The van der Waals surface area contributed by atoms with E-state index < -0.39 is 16.3 Å². The summed E-state index contributed by atoms with van der Waals surface area (Å²) >= 11 is 5.88. The second kappa shape index (κ2) is 6.10. The Labute approximate surface area is 113 Å². The van der Waals surface area contributed by atoms with E-state index in [0.29, 0.717) is 5.56 Å². The number of carboxylic acids is 1. The molecule has 0 spiro atoms. The Bertz CT molecular complexity index is 567. The van der Waals surface area contributed by atoms with E-state index in [-0.39, 0.29) is 17.0 Å². The van der Waals surface area contributed by atoms with Crippen LogP contribution in [0.25, 0.3) is 6.08 Å². The standard InChI is InChI=1S/C12H10ClNO5/c1-7(15)12(13)10-6-9(14(18)19)4-2-8(10)3-5-11(16)17/h2-6,12H,1H3,(H,16,17). The third-order valence-corrected chi connectivity index (χ3v) is 2.86. The van der Waals surface area contributed by atoms with Gasteiger partial charge < -0.3 is 5.11 Å². The summed E-state index contributed by atoms with van der Waals surface area (Å²) in [6.07, 6.45) is 2.11. The van der Waals surface area contributed by atoms with Crippen LogP contribution in [0, 0.1) is 10.1 Å². The maximum Gasteiger partial charge on any atom is 0.328 e. The van der Waals surface area contributed by atoms with Crippen molar-refractivity contribution in [3.05, 3.63) is 45.5 Å². The van der Waals surface area contributed by atoms with E-state index in [1.54, 1.807) is 0 Å². The minimum absolute atomic E-state index is 0.209. The molecule has 0 bridgehead atoms. The van der Waals surface area contributed by atoms with Crippen molar-refractivity contribution in [2.24, 2.45) is 0 Å². The van der Waals surface area contributed by atoms with Crippen LogP contribution in [-0.4, -0.2) is 21.8 Å². The third kappa shape index (κ3) is 3.89. The van der Waals surface area contributed by atoms with E-state index in [1.165, 1.54) is 31.2 Å². The lowest BCUT2D eigenvalue weighted by atomic mass is 10.0. The van der Waals surface area contributed by atoms with Crippen molar-refractivity contribution in [1.82, 2.24) is 0 Å². The number of alkyl halides is 1. The number of non-ortho nitro benzene ring substituents is 1. The molecule has 0 aromatic heterocycles. The molecule has 0 fully saturated rings. The molecule has 0 aliphatic heterocycles. The molecule has 1 rings (SSSR count). The van der Waals surface area contributed by atoms with E-state index in [1.807, 2.05) is 0 Å². The first-order chi connectivity index (χ1) is 8.82. The van der Waals surface area contributed by atoms with Gasteiger partial charge in [0.2, 0.25) is 0 Å². The highest BCUT2D eigenvalue weighted by molar-refractivity contribution is 6.31.